The first-order chi connectivity index (χ1) is 10.4. The van der Waals surface area contributed by atoms with Gasteiger partial charge in [0, 0.05) is 6.54 Å². The van der Waals surface area contributed by atoms with Crippen molar-refractivity contribution in [2.45, 2.75) is 13.5 Å². The molecular weight excluding hydrogens is 289 g/mol. The number of benzene rings is 2. The highest BCUT2D eigenvalue weighted by molar-refractivity contribution is 6.02. The number of carbonyl (C=O) groups is 2. The quantitative estimate of drug-likeness (QED) is 0.806. The maximum Gasteiger partial charge on any atom is 0.336 e. The van der Waals surface area contributed by atoms with Crippen molar-refractivity contribution in [3.8, 4) is 11.1 Å². The molecule has 2 rings (SSSR count). The number of nitrogens with two attached hydrogens (primary N) is 1. The lowest BCUT2D eigenvalue weighted by Gasteiger charge is -2.14. The van der Waals surface area contributed by atoms with Gasteiger partial charge in [-0.15, -0.1) is 0 Å². The second-order valence-corrected chi connectivity index (χ2v) is 4.78. The van der Waals surface area contributed by atoms with E-state index in [2.05, 4.69) is 0 Å². The van der Waals surface area contributed by atoms with Crippen LogP contribution >= 0.6 is 0 Å². The summed E-state index contributed by atoms with van der Waals surface area (Å²) in [5.74, 6) is -2.92. The second kappa shape index (κ2) is 5.95. The maximum atomic E-state index is 13.3. The summed E-state index contributed by atoms with van der Waals surface area (Å²) in [5, 5.41) is 18.5. The van der Waals surface area contributed by atoms with Gasteiger partial charge >= 0.3 is 11.9 Å². The Kier molecular flexibility index (Phi) is 4.23. The summed E-state index contributed by atoms with van der Waals surface area (Å²) in [5.41, 5.74) is 6.76. The zero-order valence-electron chi connectivity index (χ0n) is 11.8. The summed E-state index contributed by atoms with van der Waals surface area (Å²) in [4.78, 5) is 22.7. The van der Waals surface area contributed by atoms with Crippen LogP contribution in [0.5, 0.6) is 0 Å². The highest BCUT2D eigenvalue weighted by Crippen LogP contribution is 2.31. The molecule has 0 radical (unpaired) electrons. The van der Waals surface area contributed by atoms with Crippen molar-refractivity contribution < 1.29 is 24.2 Å². The smallest absolute Gasteiger partial charge is 0.336 e. The molecule has 0 amide bonds. The van der Waals surface area contributed by atoms with Gasteiger partial charge in [0.15, 0.2) is 0 Å². The third kappa shape index (κ3) is 2.68. The van der Waals surface area contributed by atoms with E-state index in [4.69, 9.17) is 10.8 Å². The van der Waals surface area contributed by atoms with Crippen LogP contribution in [0.2, 0.25) is 0 Å². The van der Waals surface area contributed by atoms with Gasteiger partial charge in [-0.25, -0.2) is 14.0 Å². The Morgan fingerprint density at radius 2 is 1.73 bits per heavy atom. The minimum Gasteiger partial charge on any atom is -0.478 e. The van der Waals surface area contributed by atoms with Crippen LogP contribution in [-0.2, 0) is 6.54 Å². The molecular formula is C16H14FNO4. The van der Waals surface area contributed by atoms with Gasteiger partial charge < -0.3 is 15.9 Å². The molecule has 0 saturated carbocycles. The van der Waals surface area contributed by atoms with Crippen LogP contribution in [0.25, 0.3) is 11.1 Å². The van der Waals surface area contributed by atoms with E-state index >= 15 is 0 Å². The topological polar surface area (TPSA) is 101 Å². The lowest BCUT2D eigenvalue weighted by atomic mass is 9.90. The molecule has 6 heteroatoms. The van der Waals surface area contributed by atoms with Gasteiger partial charge in [0.05, 0.1) is 11.1 Å². The van der Waals surface area contributed by atoms with Crippen molar-refractivity contribution in [3.05, 3.63) is 58.4 Å². The Morgan fingerprint density at radius 1 is 1.09 bits per heavy atom. The predicted molar refractivity (Wildman–Crippen MR) is 78.4 cm³/mol. The Morgan fingerprint density at radius 3 is 2.27 bits per heavy atom. The van der Waals surface area contributed by atoms with Gasteiger partial charge in [-0.3, -0.25) is 0 Å². The van der Waals surface area contributed by atoms with Crippen LogP contribution in [0, 0.1) is 12.7 Å². The zero-order valence-corrected chi connectivity index (χ0v) is 11.8. The summed E-state index contributed by atoms with van der Waals surface area (Å²) in [7, 11) is 0. The Balaban J connectivity index is 2.79. The van der Waals surface area contributed by atoms with Crippen molar-refractivity contribution in [3.63, 3.8) is 0 Å². The molecule has 0 fully saturated rings. The fourth-order valence-electron chi connectivity index (χ4n) is 2.44. The monoisotopic (exact) mass is 303 g/mol. The van der Waals surface area contributed by atoms with Crippen LogP contribution in [-0.4, -0.2) is 22.2 Å². The molecule has 5 nitrogen and oxygen atoms in total. The third-order valence-electron chi connectivity index (χ3n) is 3.49. The van der Waals surface area contributed by atoms with E-state index in [1.807, 2.05) is 0 Å². The van der Waals surface area contributed by atoms with Crippen LogP contribution in [0.4, 0.5) is 4.39 Å². The highest BCUT2D eigenvalue weighted by Gasteiger charge is 2.21. The van der Waals surface area contributed by atoms with E-state index in [9.17, 15) is 19.1 Å². The largest absolute Gasteiger partial charge is 0.478 e. The molecule has 2 aromatic rings. The number of hydrogen-bond donors (Lipinski definition) is 3. The fourth-order valence-corrected chi connectivity index (χ4v) is 2.44. The normalized spacial score (nSPS) is 10.5. The summed E-state index contributed by atoms with van der Waals surface area (Å²) < 4.78 is 13.3. The first-order valence-electron chi connectivity index (χ1n) is 6.45. The average Bonchev–Trinajstić information content (AvgIpc) is 2.45. The fraction of sp³-hybridized carbons (Fsp3) is 0.125. The van der Waals surface area contributed by atoms with E-state index in [1.165, 1.54) is 37.3 Å². The van der Waals surface area contributed by atoms with Gasteiger partial charge in [-0.05, 0) is 47.4 Å². The average molecular weight is 303 g/mol. The summed E-state index contributed by atoms with van der Waals surface area (Å²) in [6, 6.07) is 6.64. The minimum absolute atomic E-state index is 0.0336. The molecule has 0 bridgehead atoms. The molecule has 22 heavy (non-hydrogen) atoms. The van der Waals surface area contributed by atoms with Crippen molar-refractivity contribution >= 4 is 11.9 Å². The number of hydrogen-bond acceptors (Lipinski definition) is 3. The van der Waals surface area contributed by atoms with Crippen LogP contribution < -0.4 is 5.73 Å². The van der Waals surface area contributed by atoms with E-state index in [1.54, 1.807) is 0 Å². The van der Waals surface area contributed by atoms with Gasteiger partial charge in [-0.2, -0.15) is 0 Å². The van der Waals surface area contributed by atoms with Gasteiger partial charge in [0.2, 0.25) is 0 Å². The molecule has 0 aliphatic carbocycles. The molecule has 0 aliphatic heterocycles. The first-order valence-corrected chi connectivity index (χ1v) is 6.45. The molecule has 0 unspecified atom stereocenters. The van der Waals surface area contributed by atoms with Crippen LogP contribution in [0.1, 0.15) is 31.8 Å². The summed E-state index contributed by atoms with van der Waals surface area (Å²) in [6.07, 6.45) is 0. The highest BCUT2D eigenvalue weighted by atomic mass is 19.1. The lowest BCUT2D eigenvalue weighted by molar-refractivity contribution is 0.0696. The van der Waals surface area contributed by atoms with Crippen molar-refractivity contribution in [1.29, 1.82) is 0 Å². The molecule has 0 aromatic heterocycles. The Labute approximate surface area is 125 Å². The molecule has 0 saturated heterocycles. The molecule has 0 aliphatic rings. The third-order valence-corrected chi connectivity index (χ3v) is 3.49. The Hall–Kier alpha value is -2.73. The minimum atomic E-state index is -1.25. The number of rotatable bonds is 4. The SMILES string of the molecule is Cc1c(C(=O)O)ccc(-c2ccc(F)cc2CN)c1C(=O)O. The number of carboxylic acid groups (broad SMARTS) is 2. The van der Waals surface area contributed by atoms with Crippen molar-refractivity contribution in [2.75, 3.05) is 0 Å². The van der Waals surface area contributed by atoms with Crippen LogP contribution in [0.3, 0.4) is 0 Å². The maximum absolute atomic E-state index is 13.3. The number of halogens is 1. The van der Waals surface area contributed by atoms with E-state index in [-0.39, 0.29) is 23.2 Å². The Bertz CT molecular complexity index is 771. The molecule has 0 heterocycles. The molecule has 0 atom stereocenters. The second-order valence-electron chi connectivity index (χ2n) is 4.78. The van der Waals surface area contributed by atoms with Gasteiger partial charge in [0.1, 0.15) is 5.82 Å². The number of aromatic carboxylic acids is 2. The van der Waals surface area contributed by atoms with E-state index < -0.39 is 17.8 Å². The molecule has 2 aromatic carbocycles. The van der Waals surface area contributed by atoms with E-state index in [0.717, 1.165) is 0 Å². The molecule has 114 valence electrons. The standard InChI is InChI=1S/C16H14FNO4/c1-8-11(15(19)20)4-5-13(14(8)16(21)22)12-3-2-10(17)6-9(12)7-18/h2-6H,7,18H2,1H3,(H,19,20)(H,21,22). The first kappa shape index (κ1) is 15.7. The number of carboxylic acids is 2. The van der Waals surface area contributed by atoms with Gasteiger partial charge in [0.25, 0.3) is 0 Å². The lowest BCUT2D eigenvalue weighted by Crippen LogP contribution is -2.10. The summed E-state index contributed by atoms with van der Waals surface area (Å²) >= 11 is 0. The summed E-state index contributed by atoms with van der Waals surface area (Å²) in [6.45, 7) is 1.47. The zero-order chi connectivity index (χ0) is 16.4. The van der Waals surface area contributed by atoms with Crippen LogP contribution in [0.15, 0.2) is 30.3 Å². The van der Waals surface area contributed by atoms with Crippen molar-refractivity contribution in [1.82, 2.24) is 0 Å². The molecule has 0 spiro atoms. The van der Waals surface area contributed by atoms with Gasteiger partial charge in [-0.1, -0.05) is 12.1 Å². The molecule has 4 N–H and O–H groups in total. The van der Waals surface area contributed by atoms with Crippen molar-refractivity contribution in [2.24, 2.45) is 5.73 Å². The predicted octanol–water partition coefficient (Wildman–Crippen LogP) is 2.66. The van der Waals surface area contributed by atoms with E-state index in [0.29, 0.717) is 16.7 Å².